The van der Waals surface area contributed by atoms with Gasteiger partial charge in [0.1, 0.15) is 17.7 Å². The molecule has 166 valence electrons. The summed E-state index contributed by atoms with van der Waals surface area (Å²) in [5.74, 6) is 0.985. The van der Waals surface area contributed by atoms with Gasteiger partial charge in [0.15, 0.2) is 0 Å². The number of ether oxygens (including phenoxy) is 2. The topological polar surface area (TPSA) is 107 Å². The molecule has 1 aliphatic rings. The number of hydrogen-bond donors (Lipinski definition) is 3. The lowest BCUT2D eigenvalue weighted by atomic mass is 9.96. The summed E-state index contributed by atoms with van der Waals surface area (Å²) in [6, 6.07) is 17.0. The number of rotatable bonds is 7. The predicted molar refractivity (Wildman–Crippen MR) is 122 cm³/mol. The molecule has 0 spiro atoms. The summed E-state index contributed by atoms with van der Waals surface area (Å²) in [5.41, 5.74) is 10.1. The maximum absolute atomic E-state index is 11.6. The normalized spacial score (nSPS) is 16.0. The molecule has 32 heavy (non-hydrogen) atoms. The summed E-state index contributed by atoms with van der Waals surface area (Å²) in [6.07, 6.45) is 2.80. The number of nitrogen functional groups attached to an aromatic ring is 1. The van der Waals surface area contributed by atoms with Gasteiger partial charge in [-0.1, -0.05) is 24.3 Å². The Morgan fingerprint density at radius 2 is 2.00 bits per heavy atom. The van der Waals surface area contributed by atoms with Crippen molar-refractivity contribution in [2.45, 2.75) is 25.0 Å². The van der Waals surface area contributed by atoms with E-state index in [2.05, 4.69) is 16.4 Å². The van der Waals surface area contributed by atoms with Crippen LogP contribution in [0.4, 0.5) is 5.82 Å². The minimum atomic E-state index is -0.646. The number of esters is 1. The quantitative estimate of drug-likeness (QED) is 0.492. The number of benzene rings is 2. The van der Waals surface area contributed by atoms with Gasteiger partial charge in [-0.2, -0.15) is 0 Å². The number of aryl methyl sites for hydroxylation is 1. The monoisotopic (exact) mass is 433 g/mol. The van der Waals surface area contributed by atoms with Crippen LogP contribution in [-0.2, 0) is 11.2 Å². The fraction of sp³-hybridized carbons (Fsp3) is 0.280. The zero-order chi connectivity index (χ0) is 22.5. The van der Waals surface area contributed by atoms with E-state index in [1.165, 1.54) is 12.7 Å². The molecule has 7 heteroatoms. The molecular formula is C25H27N3O4. The van der Waals surface area contributed by atoms with Crippen molar-refractivity contribution in [3.63, 3.8) is 0 Å². The summed E-state index contributed by atoms with van der Waals surface area (Å²) in [5, 5.41) is 13.6. The van der Waals surface area contributed by atoms with E-state index in [1.807, 2.05) is 24.3 Å². The van der Waals surface area contributed by atoms with Gasteiger partial charge in [-0.25, -0.2) is 9.78 Å². The van der Waals surface area contributed by atoms with Crippen LogP contribution in [0.1, 0.15) is 34.0 Å². The Hall–Kier alpha value is -3.42. The van der Waals surface area contributed by atoms with Gasteiger partial charge < -0.3 is 25.6 Å². The fourth-order valence-electron chi connectivity index (χ4n) is 3.80. The zero-order valence-electron chi connectivity index (χ0n) is 18.0. The number of aromatic nitrogens is 1. The molecule has 3 aromatic rings. The molecule has 0 radical (unpaired) electrons. The second-order valence-corrected chi connectivity index (χ2v) is 7.86. The average Bonchev–Trinajstić information content (AvgIpc) is 2.83. The van der Waals surface area contributed by atoms with Gasteiger partial charge in [0.2, 0.25) is 0 Å². The number of hydrogen-bond acceptors (Lipinski definition) is 7. The molecule has 1 aliphatic heterocycles. The first-order valence-corrected chi connectivity index (χ1v) is 10.6. The maximum Gasteiger partial charge on any atom is 0.337 e. The number of anilines is 1. The summed E-state index contributed by atoms with van der Waals surface area (Å²) < 4.78 is 10.9. The number of pyridine rings is 1. The Balaban J connectivity index is 1.32. The van der Waals surface area contributed by atoms with E-state index in [9.17, 15) is 9.90 Å². The van der Waals surface area contributed by atoms with Gasteiger partial charge in [0.25, 0.3) is 0 Å². The molecule has 1 aromatic heterocycles. The zero-order valence-corrected chi connectivity index (χ0v) is 18.0. The molecule has 2 atom stereocenters. The van der Waals surface area contributed by atoms with Crippen LogP contribution >= 0.6 is 0 Å². The van der Waals surface area contributed by atoms with Gasteiger partial charge >= 0.3 is 5.97 Å². The number of fused-ring (bicyclic) bond motifs is 1. The second-order valence-electron chi connectivity index (χ2n) is 7.86. The summed E-state index contributed by atoms with van der Waals surface area (Å²) in [6.45, 7) is 1.06. The van der Waals surface area contributed by atoms with E-state index >= 15 is 0 Å². The van der Waals surface area contributed by atoms with Crippen LogP contribution in [0.3, 0.4) is 0 Å². The third-order valence-electron chi connectivity index (χ3n) is 5.63. The number of nitrogens with two attached hydrogens (primary N) is 1. The molecule has 0 amide bonds. The van der Waals surface area contributed by atoms with E-state index in [4.69, 9.17) is 15.2 Å². The third-order valence-corrected chi connectivity index (χ3v) is 5.63. The van der Waals surface area contributed by atoms with Crippen LogP contribution in [-0.4, -0.2) is 42.4 Å². The van der Waals surface area contributed by atoms with Gasteiger partial charge in [-0.3, -0.25) is 0 Å². The molecule has 4 N–H and O–H groups in total. The van der Waals surface area contributed by atoms with E-state index in [-0.39, 0.29) is 12.1 Å². The number of carbonyl (C=O) groups is 1. The first kappa shape index (κ1) is 21.8. The van der Waals surface area contributed by atoms with Crippen LogP contribution in [0, 0.1) is 0 Å². The molecular weight excluding hydrogens is 406 g/mol. The Bertz CT molecular complexity index is 1070. The smallest absolute Gasteiger partial charge is 0.337 e. The first-order chi connectivity index (χ1) is 15.5. The predicted octanol–water partition coefficient (Wildman–Crippen LogP) is 3.13. The van der Waals surface area contributed by atoms with Crippen LogP contribution < -0.4 is 15.8 Å². The number of nitrogens with zero attached hydrogens (tertiary/aromatic N) is 1. The van der Waals surface area contributed by atoms with Crippen molar-refractivity contribution in [1.29, 1.82) is 0 Å². The van der Waals surface area contributed by atoms with Gasteiger partial charge in [-0.15, -0.1) is 0 Å². The van der Waals surface area contributed by atoms with Crippen LogP contribution in [0.25, 0.3) is 11.1 Å². The van der Waals surface area contributed by atoms with Crippen molar-refractivity contribution in [1.82, 2.24) is 10.3 Å². The highest BCUT2D eigenvalue weighted by Gasteiger charge is 2.20. The SMILES string of the molecule is COC(=O)c1ccc(-c2ccc3c(c2)CCC(CNC[C@H](O)c2ccc(N)nc2)O3)cc1. The summed E-state index contributed by atoms with van der Waals surface area (Å²) >= 11 is 0. The molecule has 0 fully saturated rings. The number of aliphatic hydroxyl groups is 1. The standard InChI is InChI=1S/C25H27N3O4/c1-31-25(30)17-4-2-16(3-5-17)18-7-10-23-19(12-18)6-9-21(32-23)14-27-15-22(29)20-8-11-24(26)28-13-20/h2-5,7-8,10-13,21-22,27,29H,6,9,14-15H2,1H3,(H2,26,28)/t21?,22-/m0/s1. The molecule has 0 aliphatic carbocycles. The molecule has 2 aromatic carbocycles. The highest BCUT2D eigenvalue weighted by atomic mass is 16.5. The lowest BCUT2D eigenvalue weighted by Gasteiger charge is -2.27. The Morgan fingerprint density at radius 1 is 1.22 bits per heavy atom. The maximum atomic E-state index is 11.6. The van der Waals surface area contributed by atoms with Gasteiger partial charge in [-0.05, 0) is 59.9 Å². The second kappa shape index (κ2) is 9.80. The van der Waals surface area contributed by atoms with Crippen LogP contribution in [0.15, 0.2) is 60.8 Å². The minimum Gasteiger partial charge on any atom is -0.489 e. The minimum absolute atomic E-state index is 0.0458. The lowest BCUT2D eigenvalue weighted by Crippen LogP contribution is -2.36. The Kier molecular flexibility index (Phi) is 6.68. The van der Waals surface area contributed by atoms with Crippen LogP contribution in [0.2, 0.25) is 0 Å². The van der Waals surface area contributed by atoms with E-state index in [0.29, 0.717) is 24.5 Å². The summed E-state index contributed by atoms with van der Waals surface area (Å²) in [7, 11) is 1.38. The van der Waals surface area contributed by atoms with Crippen molar-refractivity contribution in [2.24, 2.45) is 0 Å². The van der Waals surface area contributed by atoms with E-state index in [1.54, 1.807) is 30.5 Å². The average molecular weight is 434 g/mol. The molecule has 7 nitrogen and oxygen atoms in total. The van der Waals surface area contributed by atoms with Gasteiger partial charge in [0, 0.05) is 24.8 Å². The van der Waals surface area contributed by atoms with E-state index in [0.717, 1.165) is 35.3 Å². The lowest BCUT2D eigenvalue weighted by molar-refractivity contribution is 0.0600. The Morgan fingerprint density at radius 3 is 2.72 bits per heavy atom. The van der Waals surface area contributed by atoms with Crippen LogP contribution in [0.5, 0.6) is 5.75 Å². The Labute approximate surface area is 187 Å². The molecule has 4 rings (SSSR count). The number of methoxy groups -OCH3 is 1. The number of aliphatic hydroxyl groups excluding tert-OH is 1. The summed E-state index contributed by atoms with van der Waals surface area (Å²) in [4.78, 5) is 15.6. The molecule has 0 saturated heterocycles. The van der Waals surface area contributed by atoms with Gasteiger partial charge in [0.05, 0.1) is 18.8 Å². The highest BCUT2D eigenvalue weighted by Crippen LogP contribution is 2.32. The molecule has 1 unspecified atom stereocenters. The van der Waals surface area contributed by atoms with Crippen molar-refractivity contribution >= 4 is 11.8 Å². The number of carbonyl (C=O) groups excluding carboxylic acids is 1. The highest BCUT2D eigenvalue weighted by molar-refractivity contribution is 5.90. The fourth-order valence-corrected chi connectivity index (χ4v) is 3.80. The molecule has 0 bridgehead atoms. The molecule has 0 saturated carbocycles. The first-order valence-electron chi connectivity index (χ1n) is 10.6. The van der Waals surface area contributed by atoms with Crippen molar-refractivity contribution < 1.29 is 19.4 Å². The van der Waals surface area contributed by atoms with Crippen molar-refractivity contribution in [3.8, 4) is 16.9 Å². The van der Waals surface area contributed by atoms with Crippen molar-refractivity contribution in [2.75, 3.05) is 25.9 Å². The van der Waals surface area contributed by atoms with Crippen molar-refractivity contribution in [3.05, 3.63) is 77.5 Å². The molecule has 2 heterocycles. The largest absolute Gasteiger partial charge is 0.489 e. The number of nitrogens with one attached hydrogen (secondary N) is 1. The third kappa shape index (κ3) is 5.07. The van der Waals surface area contributed by atoms with E-state index < -0.39 is 6.10 Å².